The van der Waals surface area contributed by atoms with Gasteiger partial charge in [-0.15, -0.1) is 0 Å². The van der Waals surface area contributed by atoms with Gasteiger partial charge in [0.25, 0.3) is 5.91 Å². The van der Waals surface area contributed by atoms with Gasteiger partial charge in [0.2, 0.25) is 0 Å². The Labute approximate surface area is 158 Å². The Balaban J connectivity index is 1.91. The monoisotopic (exact) mass is 374 g/mol. The van der Waals surface area contributed by atoms with Crippen LogP contribution in [0.5, 0.6) is 0 Å². The minimum Gasteiger partial charge on any atom is -0.452 e. The van der Waals surface area contributed by atoms with E-state index in [-0.39, 0.29) is 6.61 Å². The van der Waals surface area contributed by atoms with Gasteiger partial charge in [-0.1, -0.05) is 17.7 Å². The molecule has 1 N–H and O–H groups in total. The van der Waals surface area contributed by atoms with Gasteiger partial charge >= 0.3 is 5.97 Å². The van der Waals surface area contributed by atoms with Crippen LogP contribution in [0.1, 0.15) is 29.8 Å². The average Bonchev–Trinajstić information content (AvgIpc) is 2.65. The number of benzene rings is 2. The number of anilines is 2. The van der Waals surface area contributed by atoms with E-state index >= 15 is 0 Å². The van der Waals surface area contributed by atoms with Crippen LogP contribution in [-0.4, -0.2) is 31.6 Å². The van der Waals surface area contributed by atoms with Gasteiger partial charge in [-0.25, -0.2) is 4.79 Å². The van der Waals surface area contributed by atoms with E-state index in [9.17, 15) is 9.59 Å². The van der Waals surface area contributed by atoms with Gasteiger partial charge in [-0.2, -0.15) is 0 Å². The molecule has 1 amide bonds. The molecule has 0 aliphatic rings. The van der Waals surface area contributed by atoms with Gasteiger partial charge in [-0.3, -0.25) is 4.79 Å². The van der Waals surface area contributed by atoms with E-state index in [0.717, 1.165) is 24.3 Å². The second-order valence-corrected chi connectivity index (χ2v) is 6.16. The van der Waals surface area contributed by atoms with Crippen molar-refractivity contribution in [2.45, 2.75) is 20.8 Å². The fraction of sp³-hybridized carbons (Fsp3) is 0.300. The van der Waals surface area contributed by atoms with E-state index in [1.54, 1.807) is 37.3 Å². The SMILES string of the molecule is CCN(CC)c1ccc(C(=O)OCC(=O)Nc2cccc(Cl)c2C)cc1. The number of carbonyl (C=O) groups excluding carboxylic acids is 2. The molecule has 26 heavy (non-hydrogen) atoms. The summed E-state index contributed by atoms with van der Waals surface area (Å²) in [5.41, 5.74) is 2.82. The van der Waals surface area contributed by atoms with Crippen LogP contribution in [0.4, 0.5) is 11.4 Å². The first-order valence-electron chi connectivity index (χ1n) is 8.53. The molecule has 0 fully saturated rings. The Kier molecular flexibility index (Phi) is 7.04. The summed E-state index contributed by atoms with van der Waals surface area (Å²) in [6.07, 6.45) is 0. The molecule has 0 aromatic heterocycles. The third-order valence-corrected chi connectivity index (χ3v) is 4.52. The molecule has 0 radical (unpaired) electrons. The minimum absolute atomic E-state index is 0.359. The molecule has 0 saturated carbocycles. The molecule has 0 spiro atoms. The lowest BCUT2D eigenvalue weighted by molar-refractivity contribution is -0.119. The summed E-state index contributed by atoms with van der Waals surface area (Å²) in [7, 11) is 0. The van der Waals surface area contributed by atoms with E-state index in [2.05, 4.69) is 24.1 Å². The predicted molar refractivity (Wildman–Crippen MR) is 105 cm³/mol. The standard InChI is InChI=1S/C20H23ClN2O3/c1-4-23(5-2)16-11-9-15(10-12-16)20(25)26-13-19(24)22-18-8-6-7-17(21)14(18)3/h6-12H,4-5,13H2,1-3H3,(H,22,24). The number of halogens is 1. The van der Waals surface area contributed by atoms with Crippen LogP contribution in [0.2, 0.25) is 5.02 Å². The highest BCUT2D eigenvalue weighted by Gasteiger charge is 2.12. The third-order valence-electron chi connectivity index (χ3n) is 4.11. The molecule has 2 aromatic carbocycles. The molecule has 0 saturated heterocycles. The van der Waals surface area contributed by atoms with Gasteiger partial charge in [0.15, 0.2) is 6.61 Å². The molecule has 0 heterocycles. The fourth-order valence-corrected chi connectivity index (χ4v) is 2.72. The lowest BCUT2D eigenvalue weighted by atomic mass is 10.2. The van der Waals surface area contributed by atoms with Gasteiger partial charge in [0.05, 0.1) is 5.56 Å². The molecule has 0 unspecified atom stereocenters. The number of nitrogens with zero attached hydrogens (tertiary/aromatic N) is 1. The Morgan fingerprint density at radius 3 is 2.35 bits per heavy atom. The molecule has 0 aliphatic carbocycles. The summed E-state index contributed by atoms with van der Waals surface area (Å²) in [6, 6.07) is 12.4. The number of ether oxygens (including phenoxy) is 1. The topological polar surface area (TPSA) is 58.6 Å². The number of hydrogen-bond acceptors (Lipinski definition) is 4. The number of rotatable bonds is 7. The van der Waals surface area contributed by atoms with Crippen LogP contribution in [0.25, 0.3) is 0 Å². The quantitative estimate of drug-likeness (QED) is 0.734. The molecule has 138 valence electrons. The first-order valence-corrected chi connectivity index (χ1v) is 8.91. The van der Waals surface area contributed by atoms with Gasteiger partial charge in [0.1, 0.15) is 0 Å². The molecule has 0 atom stereocenters. The number of esters is 1. The molecule has 0 aliphatic heterocycles. The van der Waals surface area contributed by atoms with Gasteiger partial charge in [-0.05, 0) is 62.7 Å². The minimum atomic E-state index is -0.533. The van der Waals surface area contributed by atoms with E-state index in [1.165, 1.54) is 0 Å². The molecule has 0 bridgehead atoms. The second-order valence-electron chi connectivity index (χ2n) is 5.76. The summed E-state index contributed by atoms with van der Waals surface area (Å²) >= 11 is 6.02. The van der Waals surface area contributed by atoms with Crippen LogP contribution in [-0.2, 0) is 9.53 Å². The van der Waals surface area contributed by atoms with Crippen molar-refractivity contribution >= 4 is 34.9 Å². The van der Waals surface area contributed by atoms with Crippen LogP contribution in [0.3, 0.4) is 0 Å². The summed E-state index contributed by atoms with van der Waals surface area (Å²) in [4.78, 5) is 26.3. The van der Waals surface area contributed by atoms with E-state index < -0.39 is 11.9 Å². The summed E-state index contributed by atoms with van der Waals surface area (Å²) in [5.74, 6) is -0.947. The predicted octanol–water partition coefficient (Wildman–Crippen LogP) is 4.29. The first-order chi connectivity index (χ1) is 12.5. The largest absolute Gasteiger partial charge is 0.452 e. The second kappa shape index (κ2) is 9.25. The molecule has 5 nitrogen and oxygen atoms in total. The van der Waals surface area contributed by atoms with Gasteiger partial charge in [0, 0.05) is 29.5 Å². The summed E-state index contributed by atoms with van der Waals surface area (Å²) in [6.45, 7) is 7.38. The molecule has 2 aromatic rings. The van der Waals surface area contributed by atoms with Crippen LogP contribution >= 0.6 is 11.6 Å². The highest BCUT2D eigenvalue weighted by molar-refractivity contribution is 6.31. The lowest BCUT2D eigenvalue weighted by Gasteiger charge is -2.20. The highest BCUT2D eigenvalue weighted by atomic mass is 35.5. The van der Waals surface area contributed by atoms with E-state index in [4.69, 9.17) is 16.3 Å². The smallest absolute Gasteiger partial charge is 0.338 e. The molecular formula is C20H23ClN2O3. The normalized spacial score (nSPS) is 10.3. The van der Waals surface area contributed by atoms with Crippen molar-refractivity contribution in [3.05, 3.63) is 58.6 Å². The van der Waals surface area contributed by atoms with Crippen molar-refractivity contribution < 1.29 is 14.3 Å². The third kappa shape index (κ3) is 4.99. The Hall–Kier alpha value is -2.53. The highest BCUT2D eigenvalue weighted by Crippen LogP contribution is 2.22. The number of carbonyl (C=O) groups is 2. The van der Waals surface area contributed by atoms with Crippen molar-refractivity contribution in [3.8, 4) is 0 Å². The maximum Gasteiger partial charge on any atom is 0.338 e. The molecule has 6 heteroatoms. The average molecular weight is 375 g/mol. The first kappa shape index (κ1) is 19.8. The fourth-order valence-electron chi connectivity index (χ4n) is 2.54. The maximum absolute atomic E-state index is 12.1. The summed E-state index contributed by atoms with van der Waals surface area (Å²) in [5, 5.41) is 3.25. The maximum atomic E-state index is 12.1. The Morgan fingerprint density at radius 1 is 1.08 bits per heavy atom. The lowest BCUT2D eigenvalue weighted by Crippen LogP contribution is -2.22. The van der Waals surface area contributed by atoms with Gasteiger partial charge < -0.3 is 15.0 Å². The number of amides is 1. The zero-order chi connectivity index (χ0) is 19.1. The van der Waals surface area contributed by atoms with Crippen molar-refractivity contribution in [1.82, 2.24) is 0 Å². The zero-order valence-corrected chi connectivity index (χ0v) is 16.0. The van der Waals surface area contributed by atoms with Crippen LogP contribution in [0.15, 0.2) is 42.5 Å². The van der Waals surface area contributed by atoms with Crippen molar-refractivity contribution in [2.75, 3.05) is 29.9 Å². The van der Waals surface area contributed by atoms with Crippen LogP contribution < -0.4 is 10.2 Å². The Morgan fingerprint density at radius 2 is 1.73 bits per heavy atom. The van der Waals surface area contributed by atoms with Crippen LogP contribution in [0, 0.1) is 6.92 Å². The number of hydrogen-bond donors (Lipinski definition) is 1. The molecule has 2 rings (SSSR count). The summed E-state index contributed by atoms with van der Waals surface area (Å²) < 4.78 is 5.09. The van der Waals surface area contributed by atoms with Crippen molar-refractivity contribution in [2.24, 2.45) is 0 Å². The number of nitrogens with one attached hydrogen (secondary N) is 1. The van der Waals surface area contributed by atoms with E-state index in [1.807, 2.05) is 12.1 Å². The van der Waals surface area contributed by atoms with Crippen molar-refractivity contribution in [3.63, 3.8) is 0 Å². The zero-order valence-electron chi connectivity index (χ0n) is 15.2. The van der Waals surface area contributed by atoms with Crippen molar-refractivity contribution in [1.29, 1.82) is 0 Å². The van der Waals surface area contributed by atoms with E-state index in [0.29, 0.717) is 16.3 Å². The molecular weight excluding hydrogens is 352 g/mol. The Bertz CT molecular complexity index is 771.